The van der Waals surface area contributed by atoms with Gasteiger partial charge in [0.2, 0.25) is 0 Å². The molecule has 0 bridgehead atoms. The Bertz CT molecular complexity index is 9480. The molecule has 0 aliphatic carbocycles. The summed E-state index contributed by atoms with van der Waals surface area (Å²) >= 11 is 5.69. The number of hydrogen-bond acceptors (Lipinski definition) is 3. The fraction of sp³-hybridized carbons (Fsp3) is 0. The van der Waals surface area contributed by atoms with Crippen LogP contribution in [0.1, 0.15) is 0 Å². The highest BCUT2D eigenvalue weighted by molar-refractivity contribution is 7.27. The van der Waals surface area contributed by atoms with E-state index in [1.54, 1.807) is 0 Å². The van der Waals surface area contributed by atoms with E-state index in [4.69, 9.17) is 0 Å². The molecule has 0 aliphatic rings. The summed E-state index contributed by atoms with van der Waals surface area (Å²) in [4.78, 5) is 0. The molecule has 3 aromatic heterocycles. The van der Waals surface area contributed by atoms with Gasteiger partial charge >= 0.3 is 0 Å². The lowest BCUT2D eigenvalue weighted by atomic mass is 9.85. The van der Waals surface area contributed by atoms with Crippen LogP contribution in [0.2, 0.25) is 0 Å². The maximum Gasteiger partial charge on any atom is 0.0440 e. The largest absolute Gasteiger partial charge is 0.135 e. The smallest absolute Gasteiger partial charge is 0.0440 e. The van der Waals surface area contributed by atoms with Crippen LogP contribution in [0.15, 0.2) is 522 Å². The molecule has 3 heterocycles. The number of fused-ring (bicyclic) bond motifs is 16. The molecule has 648 valence electrons. The van der Waals surface area contributed by atoms with Gasteiger partial charge in [0.15, 0.2) is 0 Å². The van der Waals surface area contributed by atoms with Crippen molar-refractivity contribution in [3.8, 4) is 134 Å². The third-order valence-electron chi connectivity index (χ3n) is 28.2. The van der Waals surface area contributed by atoms with Crippen molar-refractivity contribution in [3.63, 3.8) is 0 Å². The SMILES string of the molecule is c1ccc(-c2c3ccccc3c(-c3ccc4sc5c(-c6ccccc6)ccc(-c6ccccc6)c5c4c3)c3ccccc23)cc1.c1ccc(-c2c3ccccc3c(-c3ccc4sc5cc(-c6cccc(-c7ccc8ccccc8c7)c6)ccc5c4c3)c3ccccc23)cc1.c1ccc(-c2ccc3c(sc4ccc(-c5c6ccccc6c(-c6ccccc6)c6ccccc56)cc43)c2-c2ccccc2)cc1. The fourth-order valence-corrected chi connectivity index (χ4v) is 25.5. The third-order valence-corrected chi connectivity index (χ3v) is 31.7. The zero-order valence-corrected chi connectivity index (χ0v) is 78.3. The van der Waals surface area contributed by atoms with Gasteiger partial charge in [-0.1, -0.05) is 467 Å². The highest BCUT2D eigenvalue weighted by atomic mass is 32.1. The molecule has 0 nitrogen and oxygen atoms in total. The minimum absolute atomic E-state index is 1.24. The second-order valence-corrected chi connectivity index (χ2v) is 39.3. The summed E-state index contributed by atoms with van der Waals surface area (Å²) in [5.41, 5.74) is 30.4. The summed E-state index contributed by atoms with van der Waals surface area (Å²) in [5, 5.41) is 25.8. The molecule has 28 aromatic rings. The Labute approximate surface area is 818 Å². The summed E-state index contributed by atoms with van der Waals surface area (Å²) in [7, 11) is 0. The van der Waals surface area contributed by atoms with E-state index in [2.05, 4.69) is 522 Å². The Morgan fingerprint density at radius 2 is 0.381 bits per heavy atom. The van der Waals surface area contributed by atoms with E-state index in [1.807, 2.05) is 34.0 Å². The Kier molecular flexibility index (Phi) is 21.0. The predicted molar refractivity (Wildman–Crippen MR) is 606 cm³/mol. The molecule has 28 rings (SSSR count). The van der Waals surface area contributed by atoms with Crippen molar-refractivity contribution < 1.29 is 0 Å². The first-order valence-corrected chi connectivity index (χ1v) is 50.2. The molecule has 0 atom stereocenters. The lowest BCUT2D eigenvalue weighted by molar-refractivity contribution is 1.62. The molecule has 0 unspecified atom stereocenters. The monoisotopic (exact) mass is 1810 g/mol. The quantitative estimate of drug-likeness (QED) is 0.107. The predicted octanol–water partition coefficient (Wildman–Crippen LogP) is 40.2. The lowest BCUT2D eigenvalue weighted by Crippen LogP contribution is -1.90. The molecule has 0 aliphatic heterocycles. The van der Waals surface area contributed by atoms with Gasteiger partial charge in [-0.25, -0.2) is 0 Å². The standard InChI is InChI=1S/C48H30S.2C44H28S/c1-2-12-32(13-3-1)47-40-17-6-8-19-42(40)48(43-20-9-7-18-41(43)47)38-24-26-45-44(29-38)39-25-23-37(30-46(39)49-45)35-16-10-15-34(28-35)36-22-21-31-11-4-5-14-33(31)27-36;1-4-14-29(15-5-1)33-25-26-34(30-16-6-2-7-17-30)44-43(33)39-28-32(24-27-40(39)45-44)42-37-22-12-10-20-35(37)41(31-18-8-3-9-19-31)36-21-11-13-23-38(36)42;1-4-14-29(15-5-1)33-25-26-38-39-28-32(24-27-40(39)45-44(38)43(33)31-18-8-3-9-19-31)42-36-22-12-10-20-34(36)41(30-16-6-2-7-17-30)35-21-11-13-23-37(35)42/h1-30H;2*1-28H. The Hall–Kier alpha value is -17.0. The van der Waals surface area contributed by atoms with Gasteiger partial charge in [0.25, 0.3) is 0 Å². The van der Waals surface area contributed by atoms with Crippen LogP contribution in [0.25, 0.3) is 269 Å². The van der Waals surface area contributed by atoms with E-state index < -0.39 is 0 Å². The van der Waals surface area contributed by atoms with Crippen molar-refractivity contribution in [1.29, 1.82) is 0 Å². The average molecular weight is 1820 g/mol. The van der Waals surface area contributed by atoms with Crippen LogP contribution in [0.4, 0.5) is 0 Å². The van der Waals surface area contributed by atoms with E-state index in [-0.39, 0.29) is 0 Å². The van der Waals surface area contributed by atoms with Crippen molar-refractivity contribution >= 4 is 170 Å². The number of thiophene rings is 3. The van der Waals surface area contributed by atoms with Gasteiger partial charge in [-0.3, -0.25) is 0 Å². The van der Waals surface area contributed by atoms with Gasteiger partial charge in [0.05, 0.1) is 0 Å². The maximum atomic E-state index is 2.45. The topological polar surface area (TPSA) is 0 Å². The Morgan fingerprint density at radius 1 is 0.108 bits per heavy atom. The van der Waals surface area contributed by atoms with Crippen LogP contribution in [0.3, 0.4) is 0 Å². The second-order valence-electron chi connectivity index (χ2n) is 36.1. The second kappa shape index (κ2) is 35.3. The van der Waals surface area contributed by atoms with Crippen molar-refractivity contribution in [3.05, 3.63) is 522 Å². The van der Waals surface area contributed by atoms with Gasteiger partial charge in [-0.15, -0.1) is 34.0 Å². The van der Waals surface area contributed by atoms with E-state index in [0.29, 0.717) is 0 Å². The highest BCUT2D eigenvalue weighted by Gasteiger charge is 2.26. The summed E-state index contributed by atoms with van der Waals surface area (Å²) in [6.07, 6.45) is 0. The molecule has 139 heavy (non-hydrogen) atoms. The molecular formula is C136H86S3. The van der Waals surface area contributed by atoms with Crippen molar-refractivity contribution in [2.75, 3.05) is 0 Å². The molecule has 0 fully saturated rings. The first-order chi connectivity index (χ1) is 69.0. The van der Waals surface area contributed by atoms with Crippen LogP contribution in [-0.2, 0) is 0 Å². The molecule has 0 saturated carbocycles. The van der Waals surface area contributed by atoms with E-state index in [0.717, 1.165) is 0 Å². The van der Waals surface area contributed by atoms with Crippen LogP contribution < -0.4 is 0 Å². The summed E-state index contributed by atoms with van der Waals surface area (Å²) < 4.78 is 7.92. The zero-order chi connectivity index (χ0) is 91.8. The molecular weight excluding hydrogens is 1730 g/mol. The lowest BCUT2D eigenvalue weighted by Gasteiger charge is -2.18. The molecule has 25 aromatic carbocycles. The highest BCUT2D eigenvalue weighted by Crippen LogP contribution is 2.54. The minimum Gasteiger partial charge on any atom is -0.135 e. The number of rotatable bonds is 12. The van der Waals surface area contributed by atoms with Gasteiger partial charge in [-0.2, -0.15) is 0 Å². The third kappa shape index (κ3) is 14.7. The van der Waals surface area contributed by atoms with Gasteiger partial charge in [-0.05, 0) is 258 Å². The first-order valence-electron chi connectivity index (χ1n) is 47.7. The summed E-state index contributed by atoms with van der Waals surface area (Å²) in [6, 6.07) is 191. The van der Waals surface area contributed by atoms with Crippen molar-refractivity contribution in [2.24, 2.45) is 0 Å². The van der Waals surface area contributed by atoms with E-state index >= 15 is 0 Å². The van der Waals surface area contributed by atoms with E-state index in [1.165, 1.54) is 269 Å². The number of benzene rings is 25. The van der Waals surface area contributed by atoms with Crippen LogP contribution in [-0.4, -0.2) is 0 Å². The molecule has 0 saturated heterocycles. The number of hydrogen-bond donors (Lipinski definition) is 0. The normalized spacial score (nSPS) is 11.6. The van der Waals surface area contributed by atoms with Gasteiger partial charge in [0, 0.05) is 66.1 Å². The van der Waals surface area contributed by atoms with Crippen LogP contribution in [0, 0.1) is 0 Å². The first kappa shape index (κ1) is 82.6. The van der Waals surface area contributed by atoms with E-state index in [9.17, 15) is 0 Å². The summed E-state index contributed by atoms with van der Waals surface area (Å²) in [5.74, 6) is 0. The summed E-state index contributed by atoms with van der Waals surface area (Å²) in [6.45, 7) is 0. The maximum absolute atomic E-state index is 2.45. The van der Waals surface area contributed by atoms with Crippen LogP contribution >= 0.6 is 34.0 Å². The minimum atomic E-state index is 1.24. The molecule has 3 heteroatoms. The Balaban J connectivity index is 0.000000108. The molecule has 0 radical (unpaired) electrons. The van der Waals surface area contributed by atoms with Gasteiger partial charge in [0.1, 0.15) is 0 Å². The van der Waals surface area contributed by atoms with Crippen molar-refractivity contribution in [1.82, 2.24) is 0 Å². The van der Waals surface area contributed by atoms with Crippen molar-refractivity contribution in [2.45, 2.75) is 0 Å². The zero-order valence-electron chi connectivity index (χ0n) is 75.9. The average Bonchev–Trinajstić information content (AvgIpc) is 1.04. The molecule has 0 spiro atoms. The van der Waals surface area contributed by atoms with Crippen LogP contribution in [0.5, 0.6) is 0 Å². The van der Waals surface area contributed by atoms with Gasteiger partial charge < -0.3 is 0 Å². The fourth-order valence-electron chi connectivity index (χ4n) is 21.9. The Morgan fingerprint density at radius 3 is 0.806 bits per heavy atom. The molecule has 0 N–H and O–H groups in total. The molecule has 0 amide bonds.